The quantitative estimate of drug-likeness (QED) is 0.854. The molecule has 0 unspecified atom stereocenters. The number of carbonyl (C=O) groups excluding carboxylic acids is 1. The lowest BCUT2D eigenvalue weighted by atomic mass is 9.93. The van der Waals surface area contributed by atoms with E-state index in [4.69, 9.17) is 4.98 Å². The van der Waals surface area contributed by atoms with Gasteiger partial charge in [0.15, 0.2) is 0 Å². The molecular formula is C22H28N4O2. The molecule has 1 saturated heterocycles. The SMILES string of the molecule is Cc1nc(CCNC(=O)N2CC[C@@](O)(c3ccccc3)C2)nc2c1CCCC2. The number of nitrogens with one attached hydrogen (secondary N) is 1. The van der Waals surface area contributed by atoms with Gasteiger partial charge in [-0.1, -0.05) is 30.3 Å². The molecule has 1 aliphatic heterocycles. The van der Waals surface area contributed by atoms with Crippen molar-refractivity contribution in [3.8, 4) is 0 Å². The number of benzene rings is 1. The molecule has 28 heavy (non-hydrogen) atoms. The van der Waals surface area contributed by atoms with Crippen molar-refractivity contribution in [1.82, 2.24) is 20.2 Å². The largest absolute Gasteiger partial charge is 0.383 e. The van der Waals surface area contributed by atoms with Crippen LogP contribution in [0.1, 0.15) is 47.6 Å². The highest BCUT2D eigenvalue weighted by atomic mass is 16.3. The van der Waals surface area contributed by atoms with Crippen molar-refractivity contribution in [3.63, 3.8) is 0 Å². The summed E-state index contributed by atoms with van der Waals surface area (Å²) in [5.74, 6) is 0.806. The standard InChI is InChI=1S/C22H28N4O2/c1-16-18-9-5-6-10-19(18)25-20(24-16)11-13-23-21(27)26-14-12-22(28,15-26)17-7-3-2-4-8-17/h2-4,7-8,28H,5-6,9-15H2,1H3,(H,23,27)/t22-/m0/s1. The van der Waals surface area contributed by atoms with Crippen LogP contribution in [0.4, 0.5) is 4.79 Å². The second-order valence-corrected chi connectivity index (χ2v) is 7.91. The Balaban J connectivity index is 1.31. The molecule has 0 saturated carbocycles. The molecule has 1 aliphatic carbocycles. The molecule has 1 fully saturated rings. The monoisotopic (exact) mass is 380 g/mol. The van der Waals surface area contributed by atoms with Gasteiger partial charge in [0, 0.05) is 30.9 Å². The summed E-state index contributed by atoms with van der Waals surface area (Å²) < 4.78 is 0. The van der Waals surface area contributed by atoms with Crippen LogP contribution in [0.15, 0.2) is 30.3 Å². The van der Waals surface area contributed by atoms with Gasteiger partial charge in [0.05, 0.1) is 6.54 Å². The first kappa shape index (κ1) is 18.9. The first-order chi connectivity index (χ1) is 13.5. The average Bonchev–Trinajstić information content (AvgIpc) is 3.12. The number of hydrogen-bond donors (Lipinski definition) is 2. The van der Waals surface area contributed by atoms with Gasteiger partial charge in [-0.3, -0.25) is 0 Å². The zero-order chi connectivity index (χ0) is 19.6. The Morgan fingerprint density at radius 3 is 2.82 bits per heavy atom. The minimum Gasteiger partial charge on any atom is -0.383 e. The Labute approximate surface area is 166 Å². The molecule has 2 N–H and O–H groups in total. The molecule has 2 aliphatic rings. The van der Waals surface area contributed by atoms with Crippen LogP contribution in [0.5, 0.6) is 0 Å². The van der Waals surface area contributed by atoms with Gasteiger partial charge in [0.2, 0.25) is 0 Å². The van der Waals surface area contributed by atoms with Gasteiger partial charge in [0.25, 0.3) is 0 Å². The van der Waals surface area contributed by atoms with Crippen molar-refractivity contribution in [2.24, 2.45) is 0 Å². The fraction of sp³-hybridized carbons (Fsp3) is 0.500. The summed E-state index contributed by atoms with van der Waals surface area (Å²) in [7, 11) is 0. The van der Waals surface area contributed by atoms with Gasteiger partial charge in [-0.2, -0.15) is 0 Å². The van der Waals surface area contributed by atoms with Crippen LogP contribution in [0, 0.1) is 6.92 Å². The van der Waals surface area contributed by atoms with Crippen LogP contribution < -0.4 is 5.32 Å². The van der Waals surface area contributed by atoms with E-state index >= 15 is 0 Å². The van der Waals surface area contributed by atoms with Crippen molar-refractivity contribution in [2.75, 3.05) is 19.6 Å². The topological polar surface area (TPSA) is 78.4 Å². The van der Waals surface area contributed by atoms with E-state index in [-0.39, 0.29) is 6.03 Å². The van der Waals surface area contributed by atoms with Gasteiger partial charge in [-0.05, 0) is 50.2 Å². The lowest BCUT2D eigenvalue weighted by molar-refractivity contribution is 0.0494. The smallest absolute Gasteiger partial charge is 0.317 e. The Bertz CT molecular complexity index is 855. The maximum atomic E-state index is 12.5. The zero-order valence-corrected chi connectivity index (χ0v) is 16.4. The number of aryl methyl sites for hydroxylation is 2. The highest BCUT2D eigenvalue weighted by Crippen LogP contribution is 2.31. The molecule has 2 heterocycles. The van der Waals surface area contributed by atoms with E-state index in [9.17, 15) is 9.90 Å². The highest BCUT2D eigenvalue weighted by Gasteiger charge is 2.39. The summed E-state index contributed by atoms with van der Waals surface area (Å²) in [6.45, 7) is 3.42. The molecule has 0 bridgehead atoms. The number of aliphatic hydroxyl groups is 1. The number of fused-ring (bicyclic) bond motifs is 1. The van der Waals surface area contributed by atoms with Crippen molar-refractivity contribution >= 4 is 6.03 Å². The first-order valence-electron chi connectivity index (χ1n) is 10.2. The number of urea groups is 1. The Morgan fingerprint density at radius 2 is 2.00 bits per heavy atom. The van der Waals surface area contributed by atoms with Crippen molar-refractivity contribution in [3.05, 3.63) is 58.7 Å². The van der Waals surface area contributed by atoms with Crippen LogP contribution in [-0.4, -0.2) is 45.6 Å². The number of carbonyl (C=O) groups is 1. The minimum absolute atomic E-state index is 0.137. The third kappa shape index (κ3) is 3.87. The maximum Gasteiger partial charge on any atom is 0.317 e. The molecule has 1 atom stereocenters. The zero-order valence-electron chi connectivity index (χ0n) is 16.4. The number of aromatic nitrogens is 2. The molecule has 2 aromatic rings. The summed E-state index contributed by atoms with van der Waals surface area (Å²) in [4.78, 5) is 23.5. The molecule has 0 radical (unpaired) electrons. The predicted molar refractivity (Wildman–Crippen MR) is 107 cm³/mol. The third-order valence-corrected chi connectivity index (χ3v) is 5.91. The lowest BCUT2D eigenvalue weighted by Gasteiger charge is -2.24. The van der Waals surface area contributed by atoms with Gasteiger partial charge >= 0.3 is 6.03 Å². The molecule has 6 heteroatoms. The Kier molecular flexibility index (Phi) is 5.31. The fourth-order valence-electron chi connectivity index (χ4n) is 4.30. The van der Waals surface area contributed by atoms with E-state index in [1.54, 1.807) is 4.90 Å². The van der Waals surface area contributed by atoms with Crippen molar-refractivity contribution in [1.29, 1.82) is 0 Å². The molecule has 2 amide bonds. The molecule has 6 nitrogen and oxygen atoms in total. The fourth-order valence-corrected chi connectivity index (χ4v) is 4.30. The Hall–Kier alpha value is -2.47. The molecular weight excluding hydrogens is 352 g/mol. The molecule has 4 rings (SSSR count). The van der Waals surface area contributed by atoms with E-state index in [1.165, 1.54) is 24.1 Å². The first-order valence-corrected chi connectivity index (χ1v) is 10.2. The molecule has 1 aromatic carbocycles. The van der Waals surface area contributed by atoms with E-state index in [1.807, 2.05) is 30.3 Å². The third-order valence-electron chi connectivity index (χ3n) is 5.91. The van der Waals surface area contributed by atoms with E-state index in [0.29, 0.717) is 32.5 Å². The summed E-state index contributed by atoms with van der Waals surface area (Å²) in [6.07, 6.45) is 5.70. The highest BCUT2D eigenvalue weighted by molar-refractivity contribution is 5.74. The second kappa shape index (κ2) is 7.87. The number of rotatable bonds is 4. The van der Waals surface area contributed by atoms with Gasteiger partial charge in [-0.25, -0.2) is 14.8 Å². The van der Waals surface area contributed by atoms with E-state index in [0.717, 1.165) is 29.9 Å². The predicted octanol–water partition coefficient (Wildman–Crippen LogP) is 2.51. The van der Waals surface area contributed by atoms with Crippen molar-refractivity contribution < 1.29 is 9.90 Å². The van der Waals surface area contributed by atoms with Gasteiger partial charge in [-0.15, -0.1) is 0 Å². The van der Waals surface area contributed by atoms with Crippen molar-refractivity contribution in [2.45, 2.75) is 51.0 Å². The summed E-state index contributed by atoms with van der Waals surface area (Å²) in [5, 5.41) is 13.8. The summed E-state index contributed by atoms with van der Waals surface area (Å²) in [5.41, 5.74) is 3.49. The van der Waals surface area contributed by atoms with Crippen LogP contribution in [0.3, 0.4) is 0 Å². The lowest BCUT2D eigenvalue weighted by Crippen LogP contribution is -2.41. The molecule has 0 spiro atoms. The number of hydrogen-bond acceptors (Lipinski definition) is 4. The number of likely N-dealkylation sites (tertiary alicyclic amines) is 1. The minimum atomic E-state index is -0.961. The Morgan fingerprint density at radius 1 is 1.21 bits per heavy atom. The van der Waals surface area contributed by atoms with Gasteiger partial charge < -0.3 is 15.3 Å². The van der Waals surface area contributed by atoms with Crippen LogP contribution >= 0.6 is 0 Å². The number of nitrogens with zero attached hydrogens (tertiary/aromatic N) is 3. The van der Waals surface area contributed by atoms with Crippen LogP contribution in [-0.2, 0) is 24.9 Å². The summed E-state index contributed by atoms with van der Waals surface area (Å²) >= 11 is 0. The van der Waals surface area contributed by atoms with Crippen LogP contribution in [0.25, 0.3) is 0 Å². The number of β-amino-alcohol motifs (C(OH)–C–C–N with tert-alkyl or cyclic N) is 1. The summed E-state index contributed by atoms with van der Waals surface area (Å²) in [6, 6.07) is 9.44. The van der Waals surface area contributed by atoms with Crippen LogP contribution in [0.2, 0.25) is 0 Å². The molecule has 148 valence electrons. The maximum absolute atomic E-state index is 12.5. The molecule has 1 aromatic heterocycles. The average molecular weight is 380 g/mol. The van der Waals surface area contributed by atoms with E-state index < -0.39 is 5.60 Å². The number of amides is 2. The van der Waals surface area contributed by atoms with Gasteiger partial charge in [0.1, 0.15) is 11.4 Å². The normalized spacial score (nSPS) is 21.4. The van der Waals surface area contributed by atoms with E-state index in [2.05, 4.69) is 17.2 Å². The second-order valence-electron chi connectivity index (χ2n) is 7.91.